The van der Waals surface area contributed by atoms with Crippen molar-refractivity contribution in [1.29, 1.82) is 0 Å². The Labute approximate surface area is 103 Å². The van der Waals surface area contributed by atoms with Gasteiger partial charge in [-0.05, 0) is 19.3 Å². The lowest BCUT2D eigenvalue weighted by Crippen LogP contribution is -2.53. The van der Waals surface area contributed by atoms with Gasteiger partial charge in [-0.1, -0.05) is 29.8 Å². The lowest BCUT2D eigenvalue weighted by Gasteiger charge is -2.51. The summed E-state index contributed by atoms with van der Waals surface area (Å²) >= 11 is 3.56. The largest absolute Gasteiger partial charge is 0.389 e. The van der Waals surface area contributed by atoms with Gasteiger partial charge in [-0.25, -0.2) is 0 Å². The maximum atomic E-state index is 11.9. The average molecular weight is 303 g/mol. The highest BCUT2D eigenvalue weighted by atomic mass is 79.9. The molecule has 0 aromatic rings. The summed E-state index contributed by atoms with van der Waals surface area (Å²) in [5, 5.41) is 0. The van der Waals surface area contributed by atoms with Gasteiger partial charge in [0.15, 0.2) is 0 Å². The van der Waals surface area contributed by atoms with E-state index < -0.39 is 12.6 Å². The van der Waals surface area contributed by atoms with Crippen LogP contribution < -0.4 is 0 Å². The molecule has 1 saturated carbocycles. The molecule has 0 spiro atoms. The molecule has 16 heavy (non-hydrogen) atoms. The van der Waals surface area contributed by atoms with Crippen molar-refractivity contribution in [2.45, 2.75) is 56.6 Å². The van der Waals surface area contributed by atoms with Gasteiger partial charge in [0, 0.05) is 23.3 Å². The summed E-state index contributed by atoms with van der Waals surface area (Å²) in [5.74, 6) is 0. The molecule has 0 aromatic carbocycles. The minimum atomic E-state index is -4.06. The Morgan fingerprint density at radius 3 is 2.50 bits per heavy atom. The van der Waals surface area contributed by atoms with Crippen molar-refractivity contribution in [1.82, 2.24) is 0 Å². The second-order valence-corrected chi connectivity index (χ2v) is 5.75. The van der Waals surface area contributed by atoms with Crippen LogP contribution in [0.1, 0.15) is 39.5 Å². The SMILES string of the molecule is CCC1(C)C(Br)CC1OCCCC(F)(F)F. The van der Waals surface area contributed by atoms with Crippen LogP contribution in [0.15, 0.2) is 0 Å². The molecule has 0 bridgehead atoms. The van der Waals surface area contributed by atoms with Crippen LogP contribution in [0.5, 0.6) is 0 Å². The third kappa shape index (κ3) is 3.36. The first-order chi connectivity index (χ1) is 7.29. The first-order valence-electron chi connectivity index (χ1n) is 5.62. The average Bonchev–Trinajstić information content (AvgIpc) is 2.19. The lowest BCUT2D eigenvalue weighted by atomic mass is 9.66. The van der Waals surface area contributed by atoms with E-state index in [1.54, 1.807) is 0 Å². The lowest BCUT2D eigenvalue weighted by molar-refractivity contribution is -0.145. The second-order valence-electron chi connectivity index (χ2n) is 4.64. The Morgan fingerprint density at radius 1 is 1.44 bits per heavy atom. The van der Waals surface area contributed by atoms with E-state index in [-0.39, 0.29) is 24.5 Å². The van der Waals surface area contributed by atoms with Gasteiger partial charge in [-0.15, -0.1) is 0 Å². The predicted molar refractivity (Wildman–Crippen MR) is 60.8 cm³/mol. The zero-order valence-corrected chi connectivity index (χ0v) is 11.2. The van der Waals surface area contributed by atoms with Crippen molar-refractivity contribution in [2.24, 2.45) is 5.41 Å². The molecule has 0 heterocycles. The van der Waals surface area contributed by atoms with Gasteiger partial charge < -0.3 is 4.74 Å². The summed E-state index contributed by atoms with van der Waals surface area (Å²) in [5.41, 5.74) is 0.0816. The van der Waals surface area contributed by atoms with Gasteiger partial charge in [-0.2, -0.15) is 13.2 Å². The number of halogens is 4. The van der Waals surface area contributed by atoms with Crippen molar-refractivity contribution in [3.63, 3.8) is 0 Å². The molecule has 0 aliphatic heterocycles. The van der Waals surface area contributed by atoms with E-state index >= 15 is 0 Å². The van der Waals surface area contributed by atoms with Crippen LogP contribution in [0.2, 0.25) is 0 Å². The van der Waals surface area contributed by atoms with Crippen LogP contribution in [0.25, 0.3) is 0 Å². The van der Waals surface area contributed by atoms with Crippen LogP contribution in [0.3, 0.4) is 0 Å². The molecule has 0 radical (unpaired) electrons. The number of hydrogen-bond acceptors (Lipinski definition) is 1. The van der Waals surface area contributed by atoms with Gasteiger partial charge in [0.05, 0.1) is 6.10 Å². The molecule has 3 atom stereocenters. The summed E-state index contributed by atoms with van der Waals surface area (Å²) in [6.45, 7) is 4.41. The highest BCUT2D eigenvalue weighted by Gasteiger charge is 2.49. The zero-order valence-electron chi connectivity index (χ0n) is 9.61. The van der Waals surface area contributed by atoms with E-state index in [9.17, 15) is 13.2 Å². The molecule has 0 saturated heterocycles. The maximum Gasteiger partial charge on any atom is 0.389 e. The fourth-order valence-electron chi connectivity index (χ4n) is 1.97. The van der Waals surface area contributed by atoms with E-state index in [0.717, 1.165) is 12.8 Å². The van der Waals surface area contributed by atoms with Gasteiger partial charge in [0.2, 0.25) is 0 Å². The van der Waals surface area contributed by atoms with Crippen molar-refractivity contribution in [3.05, 3.63) is 0 Å². The van der Waals surface area contributed by atoms with E-state index in [1.165, 1.54) is 0 Å². The van der Waals surface area contributed by atoms with Crippen LogP contribution >= 0.6 is 15.9 Å². The molecule has 3 unspecified atom stereocenters. The van der Waals surface area contributed by atoms with Gasteiger partial charge >= 0.3 is 6.18 Å². The molecule has 1 nitrogen and oxygen atoms in total. The molecule has 0 N–H and O–H groups in total. The Balaban J connectivity index is 2.20. The van der Waals surface area contributed by atoms with E-state index in [1.807, 2.05) is 0 Å². The topological polar surface area (TPSA) is 9.23 Å². The molecule has 1 aliphatic rings. The first-order valence-corrected chi connectivity index (χ1v) is 6.53. The number of rotatable bonds is 5. The van der Waals surface area contributed by atoms with Crippen molar-refractivity contribution >= 4 is 15.9 Å². The summed E-state index contributed by atoms with van der Waals surface area (Å²) in [6, 6.07) is 0. The number of alkyl halides is 4. The predicted octanol–water partition coefficient (Wildman–Crippen LogP) is 4.30. The number of ether oxygens (including phenoxy) is 1. The molecular weight excluding hydrogens is 285 g/mol. The van der Waals surface area contributed by atoms with Gasteiger partial charge in [-0.3, -0.25) is 0 Å². The van der Waals surface area contributed by atoms with Crippen LogP contribution in [0, 0.1) is 5.41 Å². The molecule has 1 fully saturated rings. The minimum absolute atomic E-state index is 0.0622. The van der Waals surface area contributed by atoms with Crippen LogP contribution in [0.4, 0.5) is 13.2 Å². The van der Waals surface area contributed by atoms with E-state index in [2.05, 4.69) is 29.8 Å². The highest BCUT2D eigenvalue weighted by molar-refractivity contribution is 9.09. The monoisotopic (exact) mass is 302 g/mol. The third-order valence-electron chi connectivity index (χ3n) is 3.56. The standard InChI is InChI=1S/C11H18BrF3O/c1-3-10(2)8(12)7-9(10)16-6-4-5-11(13,14)15/h8-9H,3-7H2,1-2H3. The van der Waals surface area contributed by atoms with Crippen molar-refractivity contribution in [2.75, 3.05) is 6.61 Å². The molecule has 0 amide bonds. The van der Waals surface area contributed by atoms with Gasteiger partial charge in [0.1, 0.15) is 0 Å². The Morgan fingerprint density at radius 2 is 2.06 bits per heavy atom. The smallest absolute Gasteiger partial charge is 0.378 e. The molecule has 0 aromatic heterocycles. The van der Waals surface area contributed by atoms with Crippen LogP contribution in [-0.2, 0) is 4.74 Å². The molecule has 1 rings (SSSR count). The normalized spacial score (nSPS) is 34.9. The molecule has 5 heteroatoms. The van der Waals surface area contributed by atoms with E-state index in [4.69, 9.17) is 4.74 Å². The molecule has 96 valence electrons. The first kappa shape index (κ1) is 14.3. The Bertz CT molecular complexity index is 232. The fourth-order valence-corrected chi connectivity index (χ4v) is 2.93. The summed E-state index contributed by atoms with van der Waals surface area (Å²) in [6.07, 6.45) is -2.76. The van der Waals surface area contributed by atoms with Crippen molar-refractivity contribution < 1.29 is 17.9 Å². The third-order valence-corrected chi connectivity index (χ3v) is 4.98. The maximum absolute atomic E-state index is 11.9. The Kier molecular flexibility index (Phi) is 4.69. The molecule has 1 aliphatic carbocycles. The quantitative estimate of drug-likeness (QED) is 0.543. The minimum Gasteiger partial charge on any atom is -0.378 e. The summed E-state index contributed by atoms with van der Waals surface area (Å²) < 4.78 is 41.2. The highest BCUT2D eigenvalue weighted by Crippen LogP contribution is 2.50. The van der Waals surface area contributed by atoms with E-state index in [0.29, 0.717) is 4.83 Å². The second kappa shape index (κ2) is 5.25. The van der Waals surface area contributed by atoms with Crippen LogP contribution in [-0.4, -0.2) is 23.7 Å². The van der Waals surface area contributed by atoms with Crippen molar-refractivity contribution in [3.8, 4) is 0 Å². The van der Waals surface area contributed by atoms with Gasteiger partial charge in [0.25, 0.3) is 0 Å². The summed E-state index contributed by atoms with van der Waals surface area (Å²) in [7, 11) is 0. The summed E-state index contributed by atoms with van der Waals surface area (Å²) in [4.78, 5) is 0.428. The molecular formula is C11H18BrF3O. The Hall–Kier alpha value is 0.230. The fraction of sp³-hybridized carbons (Fsp3) is 1.00. The zero-order chi connectivity index (χ0) is 12.4. The number of hydrogen-bond donors (Lipinski definition) is 0.